The molecular formula is C47H32N4. The molecule has 0 aliphatic heterocycles. The average molecular weight is 653 g/mol. The van der Waals surface area contributed by atoms with Crippen molar-refractivity contribution in [3.63, 3.8) is 0 Å². The van der Waals surface area contributed by atoms with E-state index in [1.165, 1.54) is 21.5 Å². The zero-order valence-corrected chi connectivity index (χ0v) is 28.0. The summed E-state index contributed by atoms with van der Waals surface area (Å²) >= 11 is 0. The number of hydrogen-bond donors (Lipinski definition) is 0. The largest absolute Gasteiger partial charge is 0.253 e. The zero-order chi connectivity index (χ0) is 34.1. The second kappa shape index (κ2) is 12.9. The monoisotopic (exact) mass is 652 g/mol. The highest BCUT2D eigenvalue weighted by Crippen LogP contribution is 2.35. The third-order valence-electron chi connectivity index (χ3n) is 9.37. The van der Waals surface area contributed by atoms with Crippen LogP contribution in [0.25, 0.3) is 89.2 Å². The summed E-state index contributed by atoms with van der Waals surface area (Å²) in [4.78, 5) is 20.1. The molecule has 0 bridgehead atoms. The first-order chi connectivity index (χ1) is 25.1. The van der Waals surface area contributed by atoms with Crippen LogP contribution in [0.15, 0.2) is 176 Å². The standard InChI is InChI=1S/C47H32N4/c1-31-11-10-18-44(48-31)36-24-19-33(20-25-36)40-27-39(32-12-4-2-5-13-32)28-41(29-40)47-50-45(37-15-6-3-7-16-37)49-46(51-47)38-26-23-35-22-21-34-14-8-9-17-42(34)43(35)30-38/h2-30H,1H3. The van der Waals surface area contributed by atoms with Gasteiger partial charge in [-0.1, -0.05) is 140 Å². The lowest BCUT2D eigenvalue weighted by Crippen LogP contribution is -2.00. The van der Waals surface area contributed by atoms with Gasteiger partial charge in [0.05, 0.1) is 5.69 Å². The van der Waals surface area contributed by atoms with Crippen molar-refractivity contribution in [2.75, 3.05) is 0 Å². The molecule has 0 aliphatic rings. The van der Waals surface area contributed by atoms with Gasteiger partial charge in [-0.15, -0.1) is 0 Å². The van der Waals surface area contributed by atoms with Crippen LogP contribution in [0.1, 0.15) is 5.69 Å². The smallest absolute Gasteiger partial charge is 0.164 e. The third kappa shape index (κ3) is 6.04. The van der Waals surface area contributed by atoms with Gasteiger partial charge in [-0.2, -0.15) is 0 Å². The molecule has 0 aliphatic carbocycles. The predicted molar refractivity (Wildman–Crippen MR) is 210 cm³/mol. The van der Waals surface area contributed by atoms with E-state index in [2.05, 4.69) is 127 Å². The molecule has 51 heavy (non-hydrogen) atoms. The summed E-state index contributed by atoms with van der Waals surface area (Å²) < 4.78 is 0. The highest BCUT2D eigenvalue weighted by atomic mass is 15.0. The van der Waals surface area contributed by atoms with Crippen molar-refractivity contribution in [3.8, 4) is 67.7 Å². The SMILES string of the molecule is Cc1cccc(-c2ccc(-c3cc(-c4ccccc4)cc(-c4nc(-c5ccccc5)nc(-c5ccc6ccc7ccccc7c6c5)n4)c3)cc2)n1. The molecule has 2 heterocycles. The summed E-state index contributed by atoms with van der Waals surface area (Å²) in [6.45, 7) is 2.02. The van der Waals surface area contributed by atoms with Crippen LogP contribution in [0.5, 0.6) is 0 Å². The Morgan fingerprint density at radius 1 is 0.294 bits per heavy atom. The van der Waals surface area contributed by atoms with Gasteiger partial charge in [0.25, 0.3) is 0 Å². The lowest BCUT2D eigenvalue weighted by atomic mass is 9.95. The Bertz CT molecular complexity index is 2690. The van der Waals surface area contributed by atoms with Crippen molar-refractivity contribution >= 4 is 21.5 Å². The number of nitrogens with zero attached hydrogens (tertiary/aromatic N) is 4. The van der Waals surface area contributed by atoms with Crippen molar-refractivity contribution in [2.24, 2.45) is 0 Å². The number of hydrogen-bond acceptors (Lipinski definition) is 4. The lowest BCUT2D eigenvalue weighted by Gasteiger charge is -2.13. The molecule has 240 valence electrons. The Kier molecular flexibility index (Phi) is 7.67. The first kappa shape index (κ1) is 30.3. The summed E-state index contributed by atoms with van der Waals surface area (Å²) in [6.07, 6.45) is 0. The Morgan fingerprint density at radius 3 is 1.51 bits per heavy atom. The third-order valence-corrected chi connectivity index (χ3v) is 9.37. The highest BCUT2D eigenvalue weighted by molar-refractivity contribution is 6.08. The number of pyridine rings is 1. The van der Waals surface area contributed by atoms with E-state index < -0.39 is 0 Å². The van der Waals surface area contributed by atoms with Crippen LogP contribution in [-0.4, -0.2) is 19.9 Å². The van der Waals surface area contributed by atoms with Gasteiger partial charge >= 0.3 is 0 Å². The molecule has 0 atom stereocenters. The molecule has 0 fully saturated rings. The van der Waals surface area contributed by atoms with Crippen LogP contribution < -0.4 is 0 Å². The predicted octanol–water partition coefficient (Wildman–Crippen LogP) is 11.9. The van der Waals surface area contributed by atoms with Gasteiger partial charge in [0.15, 0.2) is 17.5 Å². The Hall–Kier alpha value is -6.78. The fourth-order valence-corrected chi connectivity index (χ4v) is 6.75. The molecule has 4 heteroatoms. The maximum atomic E-state index is 5.19. The number of aromatic nitrogens is 4. The molecule has 0 saturated carbocycles. The van der Waals surface area contributed by atoms with Gasteiger partial charge in [-0.25, -0.2) is 15.0 Å². The van der Waals surface area contributed by atoms with Gasteiger partial charge in [0.2, 0.25) is 0 Å². The minimum Gasteiger partial charge on any atom is -0.253 e. The van der Waals surface area contributed by atoms with E-state index in [9.17, 15) is 0 Å². The summed E-state index contributed by atoms with van der Waals surface area (Å²) in [6, 6.07) is 61.3. The maximum absolute atomic E-state index is 5.19. The van der Waals surface area contributed by atoms with Gasteiger partial charge in [0.1, 0.15) is 0 Å². The lowest BCUT2D eigenvalue weighted by molar-refractivity contribution is 1.07. The summed E-state index contributed by atoms with van der Waals surface area (Å²) in [5.74, 6) is 1.89. The van der Waals surface area contributed by atoms with Gasteiger partial charge in [0, 0.05) is 27.9 Å². The fraction of sp³-hybridized carbons (Fsp3) is 0.0213. The van der Waals surface area contributed by atoms with Crippen molar-refractivity contribution in [2.45, 2.75) is 6.92 Å². The molecule has 0 unspecified atom stereocenters. The molecule has 2 aromatic heterocycles. The van der Waals surface area contributed by atoms with E-state index in [-0.39, 0.29) is 0 Å². The van der Waals surface area contributed by atoms with E-state index >= 15 is 0 Å². The number of rotatable bonds is 6. The van der Waals surface area contributed by atoms with Gasteiger partial charge in [-0.05, 0) is 87.1 Å². The van der Waals surface area contributed by atoms with E-state index in [4.69, 9.17) is 19.9 Å². The molecule has 0 spiro atoms. The first-order valence-corrected chi connectivity index (χ1v) is 17.1. The highest BCUT2D eigenvalue weighted by Gasteiger charge is 2.16. The van der Waals surface area contributed by atoms with Gasteiger partial charge in [-0.3, -0.25) is 4.98 Å². The molecule has 9 rings (SSSR count). The van der Waals surface area contributed by atoms with Crippen LogP contribution in [0.3, 0.4) is 0 Å². The van der Waals surface area contributed by atoms with Crippen molar-refractivity contribution in [1.29, 1.82) is 0 Å². The molecule has 0 amide bonds. The number of aryl methyl sites for hydroxylation is 1. The second-order valence-corrected chi connectivity index (χ2v) is 12.8. The van der Waals surface area contributed by atoms with E-state index in [1.807, 2.05) is 55.5 Å². The Morgan fingerprint density at radius 2 is 0.804 bits per heavy atom. The minimum atomic E-state index is 0.622. The number of fused-ring (bicyclic) bond motifs is 3. The van der Waals surface area contributed by atoms with Gasteiger partial charge < -0.3 is 0 Å². The van der Waals surface area contributed by atoms with Crippen molar-refractivity contribution in [1.82, 2.24) is 19.9 Å². The topological polar surface area (TPSA) is 51.6 Å². The number of benzene rings is 7. The molecule has 9 aromatic rings. The minimum absolute atomic E-state index is 0.622. The summed E-state index contributed by atoms with van der Waals surface area (Å²) in [5.41, 5.74) is 10.2. The Balaban J connectivity index is 1.22. The molecule has 7 aromatic carbocycles. The van der Waals surface area contributed by atoms with E-state index in [0.29, 0.717) is 17.5 Å². The average Bonchev–Trinajstić information content (AvgIpc) is 3.21. The molecule has 4 nitrogen and oxygen atoms in total. The molecule has 0 saturated heterocycles. The summed E-state index contributed by atoms with van der Waals surface area (Å²) in [7, 11) is 0. The van der Waals surface area contributed by atoms with Crippen LogP contribution in [-0.2, 0) is 0 Å². The van der Waals surface area contributed by atoms with Crippen LogP contribution in [0, 0.1) is 6.92 Å². The summed E-state index contributed by atoms with van der Waals surface area (Å²) in [5, 5.41) is 4.77. The first-order valence-electron chi connectivity index (χ1n) is 17.1. The van der Waals surface area contributed by atoms with E-state index in [1.54, 1.807) is 0 Å². The van der Waals surface area contributed by atoms with Crippen LogP contribution >= 0.6 is 0 Å². The van der Waals surface area contributed by atoms with Crippen LogP contribution in [0.2, 0.25) is 0 Å². The maximum Gasteiger partial charge on any atom is 0.164 e. The van der Waals surface area contributed by atoms with Crippen LogP contribution in [0.4, 0.5) is 0 Å². The Labute approximate surface area is 296 Å². The molecule has 0 radical (unpaired) electrons. The quantitative estimate of drug-likeness (QED) is 0.168. The molecule has 0 N–H and O–H groups in total. The van der Waals surface area contributed by atoms with Crippen molar-refractivity contribution in [3.05, 3.63) is 182 Å². The van der Waals surface area contributed by atoms with Crippen molar-refractivity contribution < 1.29 is 0 Å². The second-order valence-electron chi connectivity index (χ2n) is 12.8. The van der Waals surface area contributed by atoms with E-state index in [0.717, 1.165) is 55.9 Å². The normalized spacial score (nSPS) is 11.2. The fourth-order valence-electron chi connectivity index (χ4n) is 6.75. The molecular weight excluding hydrogens is 621 g/mol. The zero-order valence-electron chi connectivity index (χ0n) is 28.0.